The van der Waals surface area contributed by atoms with Crippen LogP contribution in [0.1, 0.15) is 42.0 Å². The van der Waals surface area contributed by atoms with Gasteiger partial charge in [-0.25, -0.2) is 0 Å². The Bertz CT molecular complexity index is 854. The molecule has 142 valence electrons. The molecule has 4 rings (SSSR count). The van der Waals surface area contributed by atoms with E-state index in [1.54, 1.807) is 12.1 Å². The highest BCUT2D eigenvalue weighted by Crippen LogP contribution is 2.36. The third-order valence-corrected chi connectivity index (χ3v) is 5.99. The Hall–Kier alpha value is -1.88. The highest BCUT2D eigenvalue weighted by Gasteiger charge is 2.39. The van der Waals surface area contributed by atoms with Gasteiger partial charge in [-0.15, -0.1) is 0 Å². The number of phenols is 1. The van der Waals surface area contributed by atoms with Crippen LogP contribution < -0.4 is 5.32 Å². The molecule has 4 nitrogen and oxygen atoms in total. The lowest BCUT2D eigenvalue weighted by molar-refractivity contribution is 0.144. The minimum absolute atomic E-state index is 0.167. The Kier molecular flexibility index (Phi) is 4.97. The second-order valence-corrected chi connectivity index (χ2v) is 8.30. The smallest absolute Gasteiger partial charge is 0.124 e. The van der Waals surface area contributed by atoms with Crippen molar-refractivity contribution in [3.63, 3.8) is 0 Å². The number of rotatable bonds is 2. The molecule has 1 spiro atoms. The standard InChI is InChI=1S/C22H26ClN3O/c1-15-3-5-16(6-4-15)19-14-20(18-13-17(23)7-8-21(18)27)25-22(24-19)9-11-26(2)12-10-22/h3-8,13,19,24,27H,9-12,14H2,1-2H3. The number of piperidine rings is 1. The Morgan fingerprint density at radius 2 is 1.85 bits per heavy atom. The van der Waals surface area contributed by atoms with E-state index in [2.05, 4.69) is 48.5 Å². The number of benzene rings is 2. The van der Waals surface area contributed by atoms with Crippen molar-refractivity contribution in [2.75, 3.05) is 20.1 Å². The first kappa shape index (κ1) is 18.5. The molecule has 2 heterocycles. The summed E-state index contributed by atoms with van der Waals surface area (Å²) >= 11 is 6.21. The average molecular weight is 384 g/mol. The van der Waals surface area contributed by atoms with Crippen LogP contribution in [-0.2, 0) is 0 Å². The Balaban J connectivity index is 1.75. The predicted molar refractivity (Wildman–Crippen MR) is 111 cm³/mol. The van der Waals surface area contributed by atoms with Crippen LogP contribution in [0.2, 0.25) is 5.02 Å². The molecule has 5 heteroatoms. The first-order valence-electron chi connectivity index (χ1n) is 9.55. The van der Waals surface area contributed by atoms with E-state index in [4.69, 9.17) is 16.6 Å². The summed E-state index contributed by atoms with van der Waals surface area (Å²) in [5.74, 6) is 0.241. The van der Waals surface area contributed by atoms with E-state index in [9.17, 15) is 5.11 Å². The van der Waals surface area contributed by atoms with Crippen molar-refractivity contribution in [1.82, 2.24) is 10.2 Å². The van der Waals surface area contributed by atoms with Crippen LogP contribution in [0.25, 0.3) is 0 Å². The molecule has 1 fully saturated rings. The maximum atomic E-state index is 10.4. The van der Waals surface area contributed by atoms with Crippen LogP contribution in [0.5, 0.6) is 5.75 Å². The van der Waals surface area contributed by atoms with Crippen LogP contribution in [0.15, 0.2) is 47.5 Å². The summed E-state index contributed by atoms with van der Waals surface area (Å²) in [5, 5.41) is 14.9. The van der Waals surface area contributed by atoms with Gasteiger partial charge in [-0.2, -0.15) is 0 Å². The van der Waals surface area contributed by atoms with Gasteiger partial charge in [0.15, 0.2) is 0 Å². The van der Waals surface area contributed by atoms with Gasteiger partial charge in [-0.05, 0) is 50.6 Å². The molecule has 0 aromatic heterocycles. The van der Waals surface area contributed by atoms with Crippen molar-refractivity contribution in [2.45, 2.75) is 37.9 Å². The molecular formula is C22H26ClN3O. The third kappa shape index (κ3) is 3.88. The van der Waals surface area contributed by atoms with E-state index in [1.165, 1.54) is 11.1 Å². The quantitative estimate of drug-likeness (QED) is 0.812. The molecule has 1 saturated heterocycles. The van der Waals surface area contributed by atoms with E-state index in [0.717, 1.165) is 43.6 Å². The first-order valence-corrected chi connectivity index (χ1v) is 9.92. The number of halogens is 1. The monoisotopic (exact) mass is 383 g/mol. The highest BCUT2D eigenvalue weighted by atomic mass is 35.5. The van der Waals surface area contributed by atoms with Crippen molar-refractivity contribution in [3.05, 3.63) is 64.2 Å². The summed E-state index contributed by atoms with van der Waals surface area (Å²) in [4.78, 5) is 7.47. The molecule has 2 aliphatic rings. The number of nitrogens with one attached hydrogen (secondary N) is 1. The highest BCUT2D eigenvalue weighted by molar-refractivity contribution is 6.31. The number of likely N-dealkylation sites (tertiary alicyclic amines) is 1. The minimum atomic E-state index is -0.287. The van der Waals surface area contributed by atoms with Crippen molar-refractivity contribution in [1.29, 1.82) is 0 Å². The summed E-state index contributed by atoms with van der Waals surface area (Å²) in [7, 11) is 2.15. The molecule has 0 aliphatic carbocycles. The zero-order chi connectivity index (χ0) is 19.0. The summed E-state index contributed by atoms with van der Waals surface area (Å²) in [6.07, 6.45) is 2.64. The number of phenolic OH excluding ortho intramolecular Hbond substituents is 1. The van der Waals surface area contributed by atoms with Gasteiger partial charge < -0.3 is 10.0 Å². The Morgan fingerprint density at radius 1 is 1.15 bits per heavy atom. The van der Waals surface area contributed by atoms with E-state index in [1.807, 2.05) is 6.07 Å². The second-order valence-electron chi connectivity index (χ2n) is 7.87. The molecule has 0 radical (unpaired) electrons. The van der Waals surface area contributed by atoms with Gasteiger partial charge in [-0.3, -0.25) is 10.3 Å². The van der Waals surface area contributed by atoms with Gasteiger partial charge in [0.1, 0.15) is 11.4 Å². The molecule has 1 unspecified atom stereocenters. The first-order chi connectivity index (χ1) is 12.9. The zero-order valence-electron chi connectivity index (χ0n) is 15.9. The van der Waals surface area contributed by atoms with Crippen molar-refractivity contribution >= 4 is 17.3 Å². The van der Waals surface area contributed by atoms with Crippen LogP contribution in [0.3, 0.4) is 0 Å². The van der Waals surface area contributed by atoms with Crippen molar-refractivity contribution < 1.29 is 5.11 Å². The summed E-state index contributed by atoms with van der Waals surface area (Å²) < 4.78 is 0. The van der Waals surface area contributed by atoms with Crippen LogP contribution in [0.4, 0.5) is 0 Å². The molecule has 2 aromatic carbocycles. The van der Waals surface area contributed by atoms with Gasteiger partial charge in [0.2, 0.25) is 0 Å². The van der Waals surface area contributed by atoms with Crippen molar-refractivity contribution in [2.24, 2.45) is 4.99 Å². The molecule has 2 N–H and O–H groups in total. The predicted octanol–water partition coefficient (Wildman–Crippen LogP) is 4.30. The Morgan fingerprint density at radius 3 is 2.56 bits per heavy atom. The summed E-state index contributed by atoms with van der Waals surface area (Å²) in [6, 6.07) is 14.1. The third-order valence-electron chi connectivity index (χ3n) is 5.75. The summed E-state index contributed by atoms with van der Waals surface area (Å²) in [6.45, 7) is 4.12. The molecule has 0 bridgehead atoms. The molecule has 27 heavy (non-hydrogen) atoms. The number of nitrogens with zero attached hydrogens (tertiary/aromatic N) is 2. The Labute approximate surface area is 165 Å². The molecule has 2 aliphatic heterocycles. The van der Waals surface area contributed by atoms with E-state index >= 15 is 0 Å². The van der Waals surface area contributed by atoms with Crippen molar-refractivity contribution in [3.8, 4) is 5.75 Å². The van der Waals surface area contributed by atoms with Gasteiger partial charge >= 0.3 is 0 Å². The fourth-order valence-electron chi connectivity index (χ4n) is 4.06. The molecule has 2 aromatic rings. The number of aryl methyl sites for hydroxylation is 1. The van der Waals surface area contributed by atoms with E-state index in [-0.39, 0.29) is 17.5 Å². The fourth-order valence-corrected chi connectivity index (χ4v) is 4.23. The number of hydrogen-bond acceptors (Lipinski definition) is 4. The maximum absolute atomic E-state index is 10.4. The minimum Gasteiger partial charge on any atom is -0.507 e. The van der Waals surface area contributed by atoms with E-state index in [0.29, 0.717) is 5.02 Å². The number of hydrogen-bond donors (Lipinski definition) is 2. The summed E-state index contributed by atoms with van der Waals surface area (Å²) in [5.41, 5.74) is 3.91. The fraction of sp³-hybridized carbons (Fsp3) is 0.409. The topological polar surface area (TPSA) is 47.9 Å². The number of aromatic hydroxyl groups is 1. The number of aliphatic imine (C=N–C) groups is 1. The van der Waals surface area contributed by atoms with Crippen LogP contribution in [-0.4, -0.2) is 41.5 Å². The lowest BCUT2D eigenvalue weighted by Crippen LogP contribution is -2.55. The van der Waals surface area contributed by atoms with Gasteiger partial charge in [0.05, 0.1) is 0 Å². The lowest BCUT2D eigenvalue weighted by Gasteiger charge is -2.44. The van der Waals surface area contributed by atoms with Crippen LogP contribution in [0, 0.1) is 6.92 Å². The SMILES string of the molecule is Cc1ccc(C2CC(c3cc(Cl)ccc3O)=NC3(CCN(C)CC3)N2)cc1. The van der Waals surface area contributed by atoms with E-state index < -0.39 is 0 Å². The molecule has 0 saturated carbocycles. The normalized spacial score (nSPS) is 22.6. The largest absolute Gasteiger partial charge is 0.507 e. The molecule has 0 amide bonds. The van der Waals surface area contributed by atoms with Gasteiger partial charge in [0, 0.05) is 41.8 Å². The van der Waals surface area contributed by atoms with Crippen LogP contribution >= 0.6 is 11.6 Å². The lowest BCUT2D eigenvalue weighted by atomic mass is 9.87. The zero-order valence-corrected chi connectivity index (χ0v) is 16.6. The maximum Gasteiger partial charge on any atom is 0.124 e. The van der Waals surface area contributed by atoms with Gasteiger partial charge in [0.25, 0.3) is 0 Å². The van der Waals surface area contributed by atoms with Gasteiger partial charge in [-0.1, -0.05) is 41.4 Å². The average Bonchev–Trinajstić information content (AvgIpc) is 2.66. The second kappa shape index (κ2) is 7.27. The molecular weight excluding hydrogens is 358 g/mol. The molecule has 1 atom stereocenters.